The zero-order valence-corrected chi connectivity index (χ0v) is 11.8. The summed E-state index contributed by atoms with van der Waals surface area (Å²) in [4.78, 5) is 0. The van der Waals surface area contributed by atoms with Gasteiger partial charge in [0, 0.05) is 25.0 Å². The molecule has 0 aliphatic heterocycles. The maximum atomic E-state index is 11.9. The van der Waals surface area contributed by atoms with Gasteiger partial charge in [-0.05, 0) is 24.1 Å². The summed E-state index contributed by atoms with van der Waals surface area (Å²) in [6.07, 6.45) is 3.98. The SMILES string of the molecule is Nc1ccc(CS(=O)(=O)NCCCn2ccnn2)cc1. The number of nitrogens with one attached hydrogen (secondary N) is 1. The average molecular weight is 295 g/mol. The summed E-state index contributed by atoms with van der Waals surface area (Å²) in [7, 11) is -3.32. The number of rotatable bonds is 7. The molecule has 0 aliphatic rings. The minimum Gasteiger partial charge on any atom is -0.399 e. The van der Waals surface area contributed by atoms with Crippen molar-refractivity contribution in [3.05, 3.63) is 42.2 Å². The third-order valence-electron chi connectivity index (χ3n) is 2.69. The van der Waals surface area contributed by atoms with E-state index in [1.807, 2.05) is 0 Å². The Morgan fingerprint density at radius 1 is 1.25 bits per heavy atom. The number of benzene rings is 1. The number of nitrogens with zero attached hydrogens (tertiary/aromatic N) is 3. The van der Waals surface area contributed by atoms with E-state index in [0.717, 1.165) is 0 Å². The second-order valence-corrected chi connectivity index (χ2v) is 6.22. The fraction of sp³-hybridized carbons (Fsp3) is 0.333. The highest BCUT2D eigenvalue weighted by Gasteiger charge is 2.10. The molecule has 0 fully saturated rings. The van der Waals surface area contributed by atoms with Gasteiger partial charge in [0.15, 0.2) is 0 Å². The van der Waals surface area contributed by atoms with Gasteiger partial charge in [-0.15, -0.1) is 5.10 Å². The van der Waals surface area contributed by atoms with Gasteiger partial charge in [-0.3, -0.25) is 4.68 Å². The molecule has 0 unspecified atom stereocenters. The molecule has 7 nitrogen and oxygen atoms in total. The van der Waals surface area contributed by atoms with Gasteiger partial charge in [0.2, 0.25) is 10.0 Å². The molecular weight excluding hydrogens is 278 g/mol. The van der Waals surface area contributed by atoms with Crippen LogP contribution in [0.4, 0.5) is 5.69 Å². The number of hydrogen-bond donors (Lipinski definition) is 2. The first-order chi connectivity index (χ1) is 9.55. The van der Waals surface area contributed by atoms with E-state index in [4.69, 9.17) is 5.73 Å². The van der Waals surface area contributed by atoms with Crippen molar-refractivity contribution in [2.24, 2.45) is 0 Å². The Morgan fingerprint density at radius 2 is 2.00 bits per heavy atom. The number of hydrogen-bond acceptors (Lipinski definition) is 5. The Labute approximate surface area is 117 Å². The summed E-state index contributed by atoms with van der Waals surface area (Å²) in [6, 6.07) is 6.80. The van der Waals surface area contributed by atoms with E-state index in [1.54, 1.807) is 41.3 Å². The Morgan fingerprint density at radius 3 is 2.65 bits per heavy atom. The summed E-state index contributed by atoms with van der Waals surface area (Å²) in [5, 5.41) is 7.48. The molecule has 2 rings (SSSR count). The van der Waals surface area contributed by atoms with Crippen molar-refractivity contribution in [1.29, 1.82) is 0 Å². The van der Waals surface area contributed by atoms with Gasteiger partial charge in [0.05, 0.1) is 11.9 Å². The number of anilines is 1. The van der Waals surface area contributed by atoms with Crippen molar-refractivity contribution in [3.8, 4) is 0 Å². The minimum atomic E-state index is -3.32. The normalized spacial score (nSPS) is 11.6. The summed E-state index contributed by atoms with van der Waals surface area (Å²) >= 11 is 0. The maximum Gasteiger partial charge on any atom is 0.215 e. The molecular formula is C12H17N5O2S. The second kappa shape index (κ2) is 6.49. The molecule has 0 saturated heterocycles. The van der Waals surface area contributed by atoms with Gasteiger partial charge in [-0.25, -0.2) is 13.1 Å². The average Bonchev–Trinajstić information content (AvgIpc) is 2.90. The van der Waals surface area contributed by atoms with E-state index in [0.29, 0.717) is 30.8 Å². The molecule has 3 N–H and O–H groups in total. The molecule has 1 heterocycles. The molecule has 0 bridgehead atoms. The van der Waals surface area contributed by atoms with E-state index < -0.39 is 10.0 Å². The van der Waals surface area contributed by atoms with Crippen LogP contribution in [0.2, 0.25) is 0 Å². The van der Waals surface area contributed by atoms with Crippen LogP contribution < -0.4 is 10.5 Å². The Balaban J connectivity index is 1.77. The van der Waals surface area contributed by atoms with Crippen LogP contribution in [0.5, 0.6) is 0 Å². The minimum absolute atomic E-state index is 0.0450. The predicted octanol–water partition coefficient (Wildman–Crippen LogP) is 0.370. The lowest BCUT2D eigenvalue weighted by atomic mass is 10.2. The van der Waals surface area contributed by atoms with Crippen molar-refractivity contribution in [2.45, 2.75) is 18.7 Å². The van der Waals surface area contributed by atoms with Gasteiger partial charge in [-0.2, -0.15) is 0 Å². The number of nitrogens with two attached hydrogens (primary N) is 1. The molecule has 1 aromatic carbocycles. The first-order valence-electron chi connectivity index (χ1n) is 6.21. The third-order valence-corrected chi connectivity index (χ3v) is 4.05. The summed E-state index contributed by atoms with van der Waals surface area (Å²) in [5.41, 5.74) is 6.89. The monoisotopic (exact) mass is 295 g/mol. The smallest absolute Gasteiger partial charge is 0.215 e. The van der Waals surface area contributed by atoms with Gasteiger partial charge in [-0.1, -0.05) is 17.3 Å². The number of aryl methyl sites for hydroxylation is 1. The van der Waals surface area contributed by atoms with Crippen molar-refractivity contribution in [2.75, 3.05) is 12.3 Å². The first kappa shape index (κ1) is 14.5. The van der Waals surface area contributed by atoms with Gasteiger partial charge < -0.3 is 5.73 Å². The Kier molecular flexibility index (Phi) is 4.70. The van der Waals surface area contributed by atoms with Crippen LogP contribution >= 0.6 is 0 Å². The quantitative estimate of drug-likeness (QED) is 0.567. The Hall–Kier alpha value is -1.93. The number of sulfonamides is 1. The van der Waals surface area contributed by atoms with Crippen LogP contribution in [0.3, 0.4) is 0 Å². The topological polar surface area (TPSA) is 103 Å². The standard InChI is InChI=1S/C12H17N5O2S/c13-12-4-2-11(3-5-12)10-20(18,19)15-6-1-8-17-9-7-14-16-17/h2-5,7,9,15H,1,6,8,10,13H2. The molecule has 0 radical (unpaired) electrons. The van der Waals surface area contributed by atoms with E-state index in [9.17, 15) is 8.42 Å². The van der Waals surface area contributed by atoms with E-state index in [2.05, 4.69) is 15.0 Å². The van der Waals surface area contributed by atoms with Crippen LogP contribution in [-0.2, 0) is 22.3 Å². The molecule has 1 aromatic heterocycles. The zero-order chi connectivity index (χ0) is 14.4. The maximum absolute atomic E-state index is 11.9. The van der Waals surface area contributed by atoms with E-state index in [-0.39, 0.29) is 5.75 Å². The van der Waals surface area contributed by atoms with Gasteiger partial charge in [0.1, 0.15) is 0 Å². The lowest BCUT2D eigenvalue weighted by Crippen LogP contribution is -2.27. The fourth-order valence-corrected chi connectivity index (χ4v) is 2.89. The largest absolute Gasteiger partial charge is 0.399 e. The highest BCUT2D eigenvalue weighted by atomic mass is 32.2. The van der Waals surface area contributed by atoms with E-state index >= 15 is 0 Å². The molecule has 0 amide bonds. The molecule has 108 valence electrons. The molecule has 0 atom stereocenters. The zero-order valence-electron chi connectivity index (χ0n) is 10.9. The van der Waals surface area contributed by atoms with Crippen LogP contribution in [0.15, 0.2) is 36.7 Å². The molecule has 0 saturated carbocycles. The lowest BCUT2D eigenvalue weighted by Gasteiger charge is -2.07. The van der Waals surface area contributed by atoms with Crippen molar-refractivity contribution in [3.63, 3.8) is 0 Å². The van der Waals surface area contributed by atoms with Crippen LogP contribution in [0, 0.1) is 0 Å². The molecule has 2 aromatic rings. The van der Waals surface area contributed by atoms with Crippen LogP contribution in [0.25, 0.3) is 0 Å². The summed E-state index contributed by atoms with van der Waals surface area (Å²) in [5.74, 6) is -0.0450. The van der Waals surface area contributed by atoms with Crippen molar-refractivity contribution >= 4 is 15.7 Å². The number of nitrogen functional groups attached to an aromatic ring is 1. The highest BCUT2D eigenvalue weighted by Crippen LogP contribution is 2.08. The van der Waals surface area contributed by atoms with Crippen molar-refractivity contribution in [1.82, 2.24) is 19.7 Å². The van der Waals surface area contributed by atoms with E-state index in [1.165, 1.54) is 0 Å². The summed E-state index contributed by atoms with van der Waals surface area (Å²) in [6.45, 7) is 1.00. The molecule has 0 aliphatic carbocycles. The summed E-state index contributed by atoms with van der Waals surface area (Å²) < 4.78 is 28.0. The second-order valence-electron chi connectivity index (χ2n) is 4.41. The molecule has 20 heavy (non-hydrogen) atoms. The fourth-order valence-electron chi connectivity index (χ4n) is 1.71. The predicted molar refractivity (Wildman–Crippen MR) is 76.1 cm³/mol. The van der Waals surface area contributed by atoms with Crippen molar-refractivity contribution < 1.29 is 8.42 Å². The molecule has 8 heteroatoms. The first-order valence-corrected chi connectivity index (χ1v) is 7.86. The highest BCUT2D eigenvalue weighted by molar-refractivity contribution is 7.88. The molecule has 0 spiro atoms. The van der Waals surface area contributed by atoms with Gasteiger partial charge in [0.25, 0.3) is 0 Å². The third kappa shape index (κ3) is 4.63. The van der Waals surface area contributed by atoms with Crippen LogP contribution in [0.1, 0.15) is 12.0 Å². The Bertz CT molecular complexity index is 622. The number of aromatic nitrogens is 3. The lowest BCUT2D eigenvalue weighted by molar-refractivity contribution is 0.542. The van der Waals surface area contributed by atoms with Gasteiger partial charge >= 0.3 is 0 Å². The van der Waals surface area contributed by atoms with Crippen LogP contribution in [-0.4, -0.2) is 30.0 Å².